The van der Waals surface area contributed by atoms with Crippen LogP contribution in [-0.2, 0) is 0 Å². The summed E-state index contributed by atoms with van der Waals surface area (Å²) >= 11 is 5.79. The van der Waals surface area contributed by atoms with Gasteiger partial charge in [-0.2, -0.15) is 0 Å². The van der Waals surface area contributed by atoms with Crippen LogP contribution in [0.3, 0.4) is 0 Å². The third-order valence-corrected chi connectivity index (χ3v) is 6.93. The second-order valence-corrected chi connectivity index (χ2v) is 8.50. The average Bonchev–Trinajstić information content (AvgIpc) is 2.69. The first-order chi connectivity index (χ1) is 12.6. The van der Waals surface area contributed by atoms with E-state index in [0.29, 0.717) is 5.92 Å². The molecule has 4 atom stereocenters. The molecule has 2 aliphatic rings. The molecule has 0 N–H and O–H groups in total. The topological polar surface area (TPSA) is 0 Å². The monoisotopic (exact) mass is 368 g/mol. The highest BCUT2D eigenvalue weighted by Gasteiger charge is 2.35. The maximum atomic E-state index is 13.7. The summed E-state index contributed by atoms with van der Waals surface area (Å²) in [5, 5.41) is 0.174. The Hall–Kier alpha value is -1.60. The zero-order valence-electron chi connectivity index (χ0n) is 15.1. The van der Waals surface area contributed by atoms with Crippen LogP contribution in [0.1, 0.15) is 50.0 Å². The molecule has 0 aromatic heterocycles. The molecule has 2 heteroatoms. The Kier molecular flexibility index (Phi) is 5.18. The van der Waals surface area contributed by atoms with Crippen LogP contribution in [0.25, 0.3) is 11.1 Å². The smallest absolute Gasteiger partial charge is 0.142 e. The van der Waals surface area contributed by atoms with Crippen molar-refractivity contribution in [2.45, 2.75) is 44.4 Å². The highest BCUT2D eigenvalue weighted by Crippen LogP contribution is 2.47. The Morgan fingerprint density at radius 1 is 0.885 bits per heavy atom. The number of allylic oxidation sites excluding steroid dienone is 1. The van der Waals surface area contributed by atoms with E-state index in [4.69, 9.17) is 11.6 Å². The quantitative estimate of drug-likeness (QED) is 0.488. The van der Waals surface area contributed by atoms with Gasteiger partial charge in [0, 0.05) is 0 Å². The molecule has 2 aromatic carbocycles. The lowest BCUT2D eigenvalue weighted by molar-refractivity contribution is 0.133. The molecule has 0 nitrogen and oxygen atoms in total. The fourth-order valence-electron chi connectivity index (χ4n) is 5.07. The molecule has 2 aromatic rings. The molecule has 0 radical (unpaired) electrons. The summed E-state index contributed by atoms with van der Waals surface area (Å²) in [6.45, 7) is 4.00. The van der Waals surface area contributed by atoms with Crippen molar-refractivity contribution < 1.29 is 4.39 Å². The molecule has 0 saturated heterocycles. The zero-order valence-corrected chi connectivity index (χ0v) is 15.9. The molecule has 4 unspecified atom stereocenters. The van der Waals surface area contributed by atoms with E-state index in [1.165, 1.54) is 50.2 Å². The normalized spacial score (nSPS) is 28.4. The van der Waals surface area contributed by atoms with Gasteiger partial charge in [0.15, 0.2) is 0 Å². The van der Waals surface area contributed by atoms with Crippen molar-refractivity contribution in [2.24, 2.45) is 17.8 Å². The van der Waals surface area contributed by atoms with E-state index >= 15 is 0 Å². The summed E-state index contributed by atoms with van der Waals surface area (Å²) in [5.74, 6) is 2.84. The molecule has 26 heavy (non-hydrogen) atoms. The first-order valence-corrected chi connectivity index (χ1v) is 10.2. The number of hydrogen-bond acceptors (Lipinski definition) is 0. The van der Waals surface area contributed by atoms with Crippen molar-refractivity contribution in [1.82, 2.24) is 0 Å². The molecule has 0 amide bonds. The van der Waals surface area contributed by atoms with Gasteiger partial charge in [-0.25, -0.2) is 4.39 Å². The molecule has 0 heterocycles. The Bertz CT molecular complexity index is 779. The van der Waals surface area contributed by atoms with Crippen molar-refractivity contribution in [3.63, 3.8) is 0 Å². The molecule has 136 valence electrons. The number of halogens is 2. The lowest BCUT2D eigenvalue weighted by Gasteiger charge is -2.41. The highest BCUT2D eigenvalue weighted by atomic mass is 35.5. The second kappa shape index (κ2) is 7.56. The van der Waals surface area contributed by atoms with Gasteiger partial charge in [-0.05, 0) is 91.0 Å². The highest BCUT2D eigenvalue weighted by molar-refractivity contribution is 6.30. The van der Waals surface area contributed by atoms with E-state index in [0.717, 1.165) is 28.9 Å². The molecule has 0 aliphatic heterocycles. The number of hydrogen-bond donors (Lipinski definition) is 0. The zero-order chi connectivity index (χ0) is 18.1. The third kappa shape index (κ3) is 3.60. The Labute approximate surface area is 161 Å². The lowest BCUT2D eigenvalue weighted by atomic mass is 9.64. The summed E-state index contributed by atoms with van der Waals surface area (Å²) in [5.41, 5.74) is 3.36. The minimum atomic E-state index is -0.360. The fourth-order valence-corrected chi connectivity index (χ4v) is 5.18. The van der Waals surface area contributed by atoms with Gasteiger partial charge in [-0.15, -0.1) is 6.58 Å². The average molecular weight is 369 g/mol. The molecule has 0 bridgehead atoms. The molecule has 4 rings (SSSR count). The van der Waals surface area contributed by atoms with Gasteiger partial charge in [-0.1, -0.05) is 48.0 Å². The minimum Gasteiger partial charge on any atom is -0.205 e. The number of fused-ring (bicyclic) bond motifs is 1. The van der Waals surface area contributed by atoms with Gasteiger partial charge in [0.05, 0.1) is 5.02 Å². The van der Waals surface area contributed by atoms with Gasteiger partial charge < -0.3 is 0 Å². The second-order valence-electron chi connectivity index (χ2n) is 8.09. The van der Waals surface area contributed by atoms with Crippen molar-refractivity contribution in [1.29, 1.82) is 0 Å². The van der Waals surface area contributed by atoms with Gasteiger partial charge in [0.25, 0.3) is 0 Å². The van der Waals surface area contributed by atoms with E-state index in [9.17, 15) is 4.39 Å². The maximum Gasteiger partial charge on any atom is 0.142 e. The third-order valence-electron chi connectivity index (χ3n) is 6.62. The summed E-state index contributed by atoms with van der Waals surface area (Å²) in [6.07, 6.45) is 10.2. The Morgan fingerprint density at radius 2 is 1.58 bits per heavy atom. The molecular formula is C24H26ClF. The van der Waals surface area contributed by atoms with Crippen molar-refractivity contribution in [3.05, 3.63) is 71.5 Å². The summed E-state index contributed by atoms with van der Waals surface area (Å²) in [4.78, 5) is 0. The summed E-state index contributed by atoms with van der Waals surface area (Å²) < 4.78 is 13.7. The van der Waals surface area contributed by atoms with E-state index in [2.05, 4.69) is 36.9 Å². The molecular weight excluding hydrogens is 343 g/mol. The largest absolute Gasteiger partial charge is 0.205 e. The Balaban J connectivity index is 1.46. The van der Waals surface area contributed by atoms with Crippen LogP contribution in [0.5, 0.6) is 0 Å². The fraction of sp³-hybridized carbons (Fsp3) is 0.417. The number of benzene rings is 2. The van der Waals surface area contributed by atoms with Crippen LogP contribution < -0.4 is 0 Å². The molecule has 2 aliphatic carbocycles. The van der Waals surface area contributed by atoms with E-state index in [-0.39, 0.29) is 10.8 Å². The van der Waals surface area contributed by atoms with Crippen LogP contribution in [0.15, 0.2) is 55.1 Å². The lowest BCUT2D eigenvalue weighted by Crippen LogP contribution is -2.29. The molecule has 2 saturated carbocycles. The first-order valence-electron chi connectivity index (χ1n) is 9.82. The standard InChI is InChI=1S/C24H26ClF/c1-2-16-3-4-21-14-20(10-9-19(21)13-16)17-5-7-18(8-6-17)22-11-12-23(25)24(26)15-22/h2,5-8,11-12,15-16,19-21H,1,3-4,9-10,13-14H2. The summed E-state index contributed by atoms with van der Waals surface area (Å²) in [7, 11) is 0. The first kappa shape index (κ1) is 17.8. The predicted octanol–water partition coefficient (Wildman–Crippen LogP) is 7.63. The molecule has 0 spiro atoms. The van der Waals surface area contributed by atoms with E-state index < -0.39 is 0 Å². The van der Waals surface area contributed by atoms with Gasteiger partial charge in [0.1, 0.15) is 5.82 Å². The van der Waals surface area contributed by atoms with E-state index in [1.807, 2.05) is 6.07 Å². The van der Waals surface area contributed by atoms with Crippen LogP contribution >= 0.6 is 11.6 Å². The van der Waals surface area contributed by atoms with Gasteiger partial charge >= 0.3 is 0 Å². The van der Waals surface area contributed by atoms with Gasteiger partial charge in [-0.3, -0.25) is 0 Å². The van der Waals surface area contributed by atoms with Crippen LogP contribution in [0, 0.1) is 23.6 Å². The van der Waals surface area contributed by atoms with Crippen molar-refractivity contribution in [3.8, 4) is 11.1 Å². The van der Waals surface area contributed by atoms with Crippen LogP contribution in [0.4, 0.5) is 4.39 Å². The van der Waals surface area contributed by atoms with Crippen molar-refractivity contribution in [2.75, 3.05) is 0 Å². The van der Waals surface area contributed by atoms with Gasteiger partial charge in [0.2, 0.25) is 0 Å². The van der Waals surface area contributed by atoms with Crippen LogP contribution in [0.2, 0.25) is 5.02 Å². The summed E-state index contributed by atoms with van der Waals surface area (Å²) in [6, 6.07) is 13.7. The van der Waals surface area contributed by atoms with Crippen molar-refractivity contribution >= 4 is 11.6 Å². The maximum absolute atomic E-state index is 13.7. The van der Waals surface area contributed by atoms with E-state index in [1.54, 1.807) is 6.07 Å². The number of rotatable bonds is 3. The molecule has 2 fully saturated rings. The van der Waals surface area contributed by atoms with Crippen LogP contribution in [-0.4, -0.2) is 0 Å². The Morgan fingerprint density at radius 3 is 2.31 bits per heavy atom. The SMILES string of the molecule is C=CC1CCC2CC(c3ccc(-c4ccc(Cl)c(F)c4)cc3)CCC2C1. The predicted molar refractivity (Wildman–Crippen MR) is 108 cm³/mol. The minimum absolute atomic E-state index is 0.174.